The van der Waals surface area contributed by atoms with Gasteiger partial charge in [0.25, 0.3) is 0 Å². The van der Waals surface area contributed by atoms with Gasteiger partial charge in [0.2, 0.25) is 0 Å². The van der Waals surface area contributed by atoms with Crippen LogP contribution in [-0.4, -0.2) is 0 Å². The van der Waals surface area contributed by atoms with Crippen molar-refractivity contribution in [1.29, 1.82) is 0 Å². The molecule has 0 unspecified atom stereocenters. The Labute approximate surface area is 370 Å². The van der Waals surface area contributed by atoms with E-state index >= 15 is 0 Å². The van der Waals surface area contributed by atoms with Crippen molar-refractivity contribution in [2.24, 2.45) is 0 Å². The number of rotatable bonds is 7. The third-order valence-electron chi connectivity index (χ3n) is 13.9. The van der Waals surface area contributed by atoms with Crippen LogP contribution in [0.1, 0.15) is 47.2 Å². The first kappa shape index (κ1) is 37.1. The third-order valence-corrected chi connectivity index (χ3v) is 13.9. The molecule has 12 rings (SSSR count). The first-order valence-electron chi connectivity index (χ1n) is 22.1. The highest BCUT2D eigenvalue weighted by atomic mass is 15.1. The van der Waals surface area contributed by atoms with E-state index in [-0.39, 0.29) is 5.41 Å². The molecule has 63 heavy (non-hydrogen) atoms. The van der Waals surface area contributed by atoms with Crippen molar-refractivity contribution in [3.05, 3.63) is 270 Å². The van der Waals surface area contributed by atoms with Crippen molar-refractivity contribution < 1.29 is 0 Å². The Morgan fingerprint density at radius 3 is 1.57 bits per heavy atom. The second-order valence-corrected chi connectivity index (χ2v) is 17.6. The van der Waals surface area contributed by atoms with Crippen molar-refractivity contribution in [3.63, 3.8) is 0 Å². The minimum atomic E-state index is -0.528. The van der Waals surface area contributed by atoms with Crippen LogP contribution in [0.4, 0.5) is 17.1 Å². The molecule has 0 amide bonds. The molecule has 0 heterocycles. The molecular weight excluding hydrogens is 759 g/mol. The summed E-state index contributed by atoms with van der Waals surface area (Å²) in [6, 6.07) is 87.8. The fourth-order valence-electron chi connectivity index (χ4n) is 11.2. The van der Waals surface area contributed by atoms with Gasteiger partial charge in [-0.1, -0.05) is 220 Å². The van der Waals surface area contributed by atoms with E-state index in [1.807, 2.05) is 0 Å². The van der Waals surface area contributed by atoms with Gasteiger partial charge >= 0.3 is 0 Å². The molecule has 0 bridgehead atoms. The summed E-state index contributed by atoms with van der Waals surface area (Å²) in [5.74, 6) is 0. The topological polar surface area (TPSA) is 3.24 Å². The lowest BCUT2D eigenvalue weighted by Crippen LogP contribution is -2.28. The first-order chi connectivity index (χ1) is 31.0. The monoisotopic (exact) mass is 803 g/mol. The fourth-order valence-corrected chi connectivity index (χ4v) is 11.2. The van der Waals surface area contributed by atoms with Gasteiger partial charge in [-0.15, -0.1) is 0 Å². The van der Waals surface area contributed by atoms with E-state index in [0.29, 0.717) is 0 Å². The van der Waals surface area contributed by atoms with Crippen molar-refractivity contribution in [1.82, 2.24) is 0 Å². The molecule has 1 nitrogen and oxygen atoms in total. The summed E-state index contributed by atoms with van der Waals surface area (Å²) < 4.78 is 0. The summed E-state index contributed by atoms with van der Waals surface area (Å²) in [4.78, 5) is 2.53. The largest absolute Gasteiger partial charge is 0.310 e. The van der Waals surface area contributed by atoms with Crippen LogP contribution in [0.25, 0.3) is 55.3 Å². The second-order valence-electron chi connectivity index (χ2n) is 17.6. The lowest BCUT2D eigenvalue weighted by atomic mass is 9.66. The molecule has 0 spiro atoms. The van der Waals surface area contributed by atoms with Crippen LogP contribution in [0.3, 0.4) is 0 Å². The highest BCUT2D eigenvalue weighted by Gasteiger charge is 2.46. The summed E-state index contributed by atoms with van der Waals surface area (Å²) in [5.41, 5.74) is 20.4. The molecule has 1 heteroatoms. The Balaban J connectivity index is 1.17. The van der Waals surface area contributed by atoms with Gasteiger partial charge in [-0.25, -0.2) is 0 Å². The van der Waals surface area contributed by atoms with Crippen molar-refractivity contribution in [3.8, 4) is 44.5 Å². The van der Waals surface area contributed by atoms with Gasteiger partial charge in [-0.2, -0.15) is 0 Å². The average Bonchev–Trinajstić information content (AvgIpc) is 3.65. The Bertz CT molecular complexity index is 3290. The van der Waals surface area contributed by atoms with Crippen LogP contribution >= 0.6 is 0 Å². The minimum absolute atomic E-state index is 0.251. The van der Waals surface area contributed by atoms with Crippen molar-refractivity contribution >= 4 is 27.8 Å². The lowest BCUT2D eigenvalue weighted by molar-refractivity contribution is 0.647. The smallest absolute Gasteiger partial charge is 0.0714 e. The molecular formula is C62H45N. The minimum Gasteiger partial charge on any atom is -0.310 e. The Hall–Kier alpha value is -7.74. The van der Waals surface area contributed by atoms with Crippen LogP contribution in [0, 0.1) is 0 Å². The molecule has 2 aliphatic rings. The maximum atomic E-state index is 2.53. The molecule has 0 aromatic heterocycles. The van der Waals surface area contributed by atoms with Gasteiger partial charge < -0.3 is 4.90 Å². The predicted molar refractivity (Wildman–Crippen MR) is 264 cm³/mol. The summed E-state index contributed by atoms with van der Waals surface area (Å²) in [5, 5.41) is 2.58. The first-order valence-corrected chi connectivity index (χ1v) is 22.1. The van der Waals surface area contributed by atoms with Crippen LogP contribution < -0.4 is 4.90 Å². The van der Waals surface area contributed by atoms with Crippen LogP contribution in [0.2, 0.25) is 0 Å². The molecule has 0 atom stereocenters. The van der Waals surface area contributed by atoms with E-state index < -0.39 is 5.41 Å². The number of hydrogen-bond acceptors (Lipinski definition) is 1. The zero-order valence-corrected chi connectivity index (χ0v) is 35.5. The fraction of sp³-hybridized carbons (Fsp3) is 0.0645. The molecule has 0 aliphatic heterocycles. The molecule has 0 radical (unpaired) electrons. The number of nitrogens with zero attached hydrogens (tertiary/aromatic N) is 1. The maximum Gasteiger partial charge on any atom is 0.0714 e. The maximum absolute atomic E-state index is 2.53. The van der Waals surface area contributed by atoms with Gasteiger partial charge in [0, 0.05) is 22.4 Å². The zero-order chi connectivity index (χ0) is 42.1. The Morgan fingerprint density at radius 2 is 0.873 bits per heavy atom. The van der Waals surface area contributed by atoms with Gasteiger partial charge in [0.05, 0.1) is 11.1 Å². The molecule has 0 fully saturated rings. The van der Waals surface area contributed by atoms with Gasteiger partial charge in [0.15, 0.2) is 0 Å². The molecule has 2 aliphatic carbocycles. The van der Waals surface area contributed by atoms with E-state index in [9.17, 15) is 0 Å². The number of anilines is 3. The third kappa shape index (κ3) is 5.56. The molecule has 0 saturated carbocycles. The van der Waals surface area contributed by atoms with Gasteiger partial charge in [-0.3, -0.25) is 0 Å². The van der Waals surface area contributed by atoms with E-state index in [2.05, 4.69) is 255 Å². The SMILES string of the molecule is CC1(C)c2c(-c3ccccc3)cccc2-c2c(N(c3ccc(-c4ccccc4)cc3)c3ccc4c(c3)C(c3ccccc3)(c3ccccc3)c3ccccc3-4)ccc3cccc1c23. The molecule has 0 saturated heterocycles. The second kappa shape index (κ2) is 14.4. The highest BCUT2D eigenvalue weighted by Crippen LogP contribution is 2.59. The van der Waals surface area contributed by atoms with Gasteiger partial charge in [-0.05, 0) is 113 Å². The van der Waals surface area contributed by atoms with Crippen LogP contribution in [0.5, 0.6) is 0 Å². The predicted octanol–water partition coefficient (Wildman–Crippen LogP) is 16.3. The number of fused-ring (bicyclic) bond motifs is 5. The lowest BCUT2D eigenvalue weighted by Gasteiger charge is -2.39. The standard InChI is InChI=1S/C62H45N/c1-61(2)55-32-17-23-45-35-40-57(59(58(45)55)53-30-18-29-50(60(53)61)44-21-9-4-10-22-44)63(48-36-33-43(34-37-48)42-19-7-3-8-20-42)49-38-39-52-51-28-15-16-31-54(51)62(56(52)41-49,46-24-11-5-12-25-46)47-26-13-6-14-27-47/h3-41H,1-2H3. The van der Waals surface area contributed by atoms with Crippen molar-refractivity contribution in [2.45, 2.75) is 24.7 Å². The van der Waals surface area contributed by atoms with E-state index in [1.54, 1.807) is 0 Å². The van der Waals surface area contributed by atoms with Crippen molar-refractivity contribution in [2.75, 3.05) is 4.90 Å². The Kier molecular flexibility index (Phi) is 8.49. The van der Waals surface area contributed by atoms with E-state index in [4.69, 9.17) is 0 Å². The molecule has 10 aromatic carbocycles. The molecule has 10 aromatic rings. The summed E-state index contributed by atoms with van der Waals surface area (Å²) in [6.45, 7) is 4.82. The molecule has 298 valence electrons. The quantitative estimate of drug-likeness (QED) is 0.155. The molecule has 0 N–H and O–H groups in total. The van der Waals surface area contributed by atoms with Crippen LogP contribution in [-0.2, 0) is 10.8 Å². The average molecular weight is 804 g/mol. The van der Waals surface area contributed by atoms with Gasteiger partial charge in [0.1, 0.15) is 0 Å². The van der Waals surface area contributed by atoms with Crippen LogP contribution in [0.15, 0.2) is 237 Å². The Morgan fingerprint density at radius 1 is 0.349 bits per heavy atom. The highest BCUT2D eigenvalue weighted by molar-refractivity contribution is 6.11. The number of hydrogen-bond donors (Lipinski definition) is 0. The van der Waals surface area contributed by atoms with E-state index in [0.717, 1.165) is 17.1 Å². The number of benzene rings is 10. The zero-order valence-electron chi connectivity index (χ0n) is 35.5. The summed E-state index contributed by atoms with van der Waals surface area (Å²) in [7, 11) is 0. The summed E-state index contributed by atoms with van der Waals surface area (Å²) >= 11 is 0. The summed E-state index contributed by atoms with van der Waals surface area (Å²) in [6.07, 6.45) is 0. The van der Waals surface area contributed by atoms with E-state index in [1.165, 1.54) is 88.7 Å². The normalized spacial score (nSPS) is 13.8.